The largest absolute Gasteiger partial charge is 0.481 e. The van der Waals surface area contributed by atoms with Gasteiger partial charge in [0.1, 0.15) is 5.75 Å². The topological polar surface area (TPSA) is 52.6 Å². The van der Waals surface area contributed by atoms with Gasteiger partial charge in [-0.15, -0.1) is 0 Å². The van der Waals surface area contributed by atoms with Crippen molar-refractivity contribution in [3.63, 3.8) is 0 Å². The molecule has 0 bridgehead atoms. The molecule has 0 aliphatic rings. The van der Waals surface area contributed by atoms with Crippen LogP contribution in [0.2, 0.25) is 0 Å². The highest BCUT2D eigenvalue weighted by Gasteiger charge is 2.10. The monoisotopic (exact) mass is 222 g/mol. The number of ether oxygens (including phenoxy) is 2. The predicted octanol–water partition coefficient (Wildman–Crippen LogP) is 1.75. The number of hydrogen-bond acceptors (Lipinski definition) is 4. The Labute approximate surface area is 94.2 Å². The van der Waals surface area contributed by atoms with Gasteiger partial charge in [-0.1, -0.05) is 6.07 Å². The molecule has 0 atom stereocenters. The number of esters is 1. The van der Waals surface area contributed by atoms with E-state index in [1.54, 1.807) is 12.1 Å². The molecule has 86 valence electrons. The second-order valence-corrected chi connectivity index (χ2v) is 3.42. The molecule has 0 saturated carbocycles. The maximum atomic E-state index is 11.3. The van der Waals surface area contributed by atoms with Gasteiger partial charge in [0, 0.05) is 0 Å². The Hall–Kier alpha value is -1.84. The third-order valence-electron chi connectivity index (χ3n) is 2.09. The number of Topliss-reactive ketones (excluding diaryl/α,β-unsaturated/α-hetero) is 1. The summed E-state index contributed by atoms with van der Waals surface area (Å²) in [6.45, 7) is 3.14. The maximum absolute atomic E-state index is 11.3. The molecule has 0 saturated heterocycles. The molecule has 0 unspecified atom stereocenters. The average molecular weight is 222 g/mol. The Morgan fingerprint density at radius 3 is 2.56 bits per heavy atom. The molecule has 0 aliphatic heterocycles. The SMILES string of the molecule is COC(=O)COc1cc(C)ccc1C(C)=O. The molecule has 1 aromatic rings. The first-order chi connectivity index (χ1) is 7.54. The van der Waals surface area contributed by atoms with Gasteiger partial charge in [0.05, 0.1) is 12.7 Å². The van der Waals surface area contributed by atoms with Crippen LogP contribution in [0.15, 0.2) is 18.2 Å². The summed E-state index contributed by atoms with van der Waals surface area (Å²) >= 11 is 0. The average Bonchev–Trinajstić information content (AvgIpc) is 2.25. The standard InChI is InChI=1S/C12H14O4/c1-8-4-5-10(9(2)13)11(6-8)16-7-12(14)15-3/h4-6H,7H2,1-3H3. The van der Waals surface area contributed by atoms with E-state index in [9.17, 15) is 9.59 Å². The fraction of sp³-hybridized carbons (Fsp3) is 0.333. The molecular weight excluding hydrogens is 208 g/mol. The molecule has 1 rings (SSSR count). The van der Waals surface area contributed by atoms with Crippen molar-refractivity contribution in [1.29, 1.82) is 0 Å². The first kappa shape index (κ1) is 12.2. The number of carbonyl (C=O) groups excluding carboxylic acids is 2. The zero-order chi connectivity index (χ0) is 12.1. The van der Waals surface area contributed by atoms with Crippen molar-refractivity contribution in [2.24, 2.45) is 0 Å². The maximum Gasteiger partial charge on any atom is 0.343 e. The van der Waals surface area contributed by atoms with Crippen LogP contribution in [0.25, 0.3) is 0 Å². The molecule has 16 heavy (non-hydrogen) atoms. The summed E-state index contributed by atoms with van der Waals surface area (Å²) in [5.41, 5.74) is 1.43. The van der Waals surface area contributed by atoms with Crippen molar-refractivity contribution in [3.05, 3.63) is 29.3 Å². The minimum atomic E-state index is -0.476. The summed E-state index contributed by atoms with van der Waals surface area (Å²) in [4.78, 5) is 22.2. The van der Waals surface area contributed by atoms with Crippen molar-refractivity contribution in [2.75, 3.05) is 13.7 Å². The van der Waals surface area contributed by atoms with E-state index < -0.39 is 5.97 Å². The van der Waals surface area contributed by atoms with Gasteiger partial charge in [-0.3, -0.25) is 4.79 Å². The van der Waals surface area contributed by atoms with E-state index in [-0.39, 0.29) is 12.4 Å². The number of rotatable bonds is 4. The van der Waals surface area contributed by atoms with Gasteiger partial charge in [-0.25, -0.2) is 4.79 Å². The minimum absolute atomic E-state index is 0.0973. The first-order valence-electron chi connectivity index (χ1n) is 4.86. The van der Waals surface area contributed by atoms with Crippen LogP contribution in [0, 0.1) is 6.92 Å². The quantitative estimate of drug-likeness (QED) is 0.575. The number of carbonyl (C=O) groups is 2. The van der Waals surface area contributed by atoms with Crippen molar-refractivity contribution >= 4 is 11.8 Å². The van der Waals surface area contributed by atoms with Crippen molar-refractivity contribution < 1.29 is 19.1 Å². The van der Waals surface area contributed by atoms with Crippen LogP contribution >= 0.6 is 0 Å². The van der Waals surface area contributed by atoms with Crippen LogP contribution in [0.1, 0.15) is 22.8 Å². The van der Waals surface area contributed by atoms with Crippen molar-refractivity contribution in [1.82, 2.24) is 0 Å². The summed E-state index contributed by atoms with van der Waals surface area (Å²) in [6, 6.07) is 5.23. The highest BCUT2D eigenvalue weighted by Crippen LogP contribution is 2.20. The number of methoxy groups -OCH3 is 1. The van der Waals surface area contributed by atoms with Gasteiger partial charge in [0.15, 0.2) is 12.4 Å². The second kappa shape index (κ2) is 5.30. The molecule has 0 aromatic heterocycles. The van der Waals surface area contributed by atoms with Crippen LogP contribution in [0.4, 0.5) is 0 Å². The Kier molecular flexibility index (Phi) is 4.05. The smallest absolute Gasteiger partial charge is 0.343 e. The molecule has 0 aliphatic carbocycles. The van der Waals surface area contributed by atoms with Gasteiger partial charge < -0.3 is 9.47 Å². The number of aryl methyl sites for hydroxylation is 1. The summed E-state index contributed by atoms with van der Waals surface area (Å²) in [6.07, 6.45) is 0. The van der Waals surface area contributed by atoms with Crippen LogP contribution < -0.4 is 4.74 Å². The lowest BCUT2D eigenvalue weighted by atomic mass is 10.1. The van der Waals surface area contributed by atoms with Crippen LogP contribution in [0.5, 0.6) is 5.75 Å². The lowest BCUT2D eigenvalue weighted by molar-refractivity contribution is -0.142. The molecular formula is C12H14O4. The lowest BCUT2D eigenvalue weighted by Crippen LogP contribution is -2.14. The van der Waals surface area contributed by atoms with E-state index in [2.05, 4.69) is 4.74 Å². The van der Waals surface area contributed by atoms with E-state index in [4.69, 9.17) is 4.74 Å². The highest BCUT2D eigenvalue weighted by atomic mass is 16.6. The Balaban J connectivity index is 2.88. The summed E-state index contributed by atoms with van der Waals surface area (Å²) < 4.78 is 9.69. The summed E-state index contributed by atoms with van der Waals surface area (Å²) in [5.74, 6) is -0.159. The molecule has 4 heteroatoms. The molecule has 4 nitrogen and oxygen atoms in total. The Morgan fingerprint density at radius 2 is 2.00 bits per heavy atom. The molecule has 0 amide bonds. The van der Waals surface area contributed by atoms with E-state index in [1.165, 1.54) is 14.0 Å². The highest BCUT2D eigenvalue weighted by molar-refractivity contribution is 5.97. The second-order valence-electron chi connectivity index (χ2n) is 3.42. The number of benzene rings is 1. The zero-order valence-electron chi connectivity index (χ0n) is 9.57. The van der Waals surface area contributed by atoms with E-state index in [0.717, 1.165) is 5.56 Å². The van der Waals surface area contributed by atoms with Gasteiger partial charge >= 0.3 is 5.97 Å². The summed E-state index contributed by atoms with van der Waals surface area (Å²) in [5, 5.41) is 0. The summed E-state index contributed by atoms with van der Waals surface area (Å²) in [7, 11) is 1.29. The van der Waals surface area contributed by atoms with Crippen LogP contribution in [0.3, 0.4) is 0 Å². The third-order valence-corrected chi connectivity index (χ3v) is 2.09. The molecule has 0 spiro atoms. The van der Waals surface area contributed by atoms with Crippen molar-refractivity contribution in [2.45, 2.75) is 13.8 Å². The van der Waals surface area contributed by atoms with E-state index >= 15 is 0 Å². The molecule has 0 N–H and O–H groups in total. The molecule has 1 aromatic carbocycles. The number of ketones is 1. The fourth-order valence-electron chi connectivity index (χ4n) is 1.24. The molecule has 0 heterocycles. The molecule has 0 fully saturated rings. The fourth-order valence-corrected chi connectivity index (χ4v) is 1.24. The van der Waals surface area contributed by atoms with E-state index in [0.29, 0.717) is 11.3 Å². The minimum Gasteiger partial charge on any atom is -0.481 e. The zero-order valence-corrected chi connectivity index (χ0v) is 9.57. The van der Waals surface area contributed by atoms with Crippen LogP contribution in [-0.2, 0) is 9.53 Å². The van der Waals surface area contributed by atoms with Crippen molar-refractivity contribution in [3.8, 4) is 5.75 Å². The first-order valence-corrected chi connectivity index (χ1v) is 4.86. The number of hydrogen-bond donors (Lipinski definition) is 0. The lowest BCUT2D eigenvalue weighted by Gasteiger charge is -2.09. The van der Waals surface area contributed by atoms with Gasteiger partial charge in [0.25, 0.3) is 0 Å². The predicted molar refractivity (Wildman–Crippen MR) is 58.7 cm³/mol. The van der Waals surface area contributed by atoms with E-state index in [1.807, 2.05) is 13.0 Å². The molecule has 0 radical (unpaired) electrons. The Morgan fingerprint density at radius 1 is 1.31 bits per heavy atom. The van der Waals surface area contributed by atoms with Crippen LogP contribution in [-0.4, -0.2) is 25.5 Å². The van der Waals surface area contributed by atoms with Gasteiger partial charge in [0.2, 0.25) is 0 Å². The third kappa shape index (κ3) is 3.08. The van der Waals surface area contributed by atoms with Gasteiger partial charge in [-0.05, 0) is 31.5 Å². The Bertz CT molecular complexity index is 409. The normalized spacial score (nSPS) is 9.69. The van der Waals surface area contributed by atoms with Gasteiger partial charge in [-0.2, -0.15) is 0 Å².